The molecule has 20 nitrogen and oxygen atoms in total. The number of aliphatic hydroxyl groups is 1. The van der Waals surface area contributed by atoms with Gasteiger partial charge in [0.15, 0.2) is 5.78 Å². The Kier molecular flexibility index (Phi) is 23.0. The molecule has 8 rings (SSSR count). The fourth-order valence-corrected chi connectivity index (χ4v) is 11.5. The molecule has 0 radical (unpaired) electrons. The van der Waals surface area contributed by atoms with Gasteiger partial charge in [-0.1, -0.05) is 57.2 Å². The van der Waals surface area contributed by atoms with Crippen molar-refractivity contribution in [2.45, 2.75) is 65.3 Å². The zero-order valence-electron chi connectivity index (χ0n) is 48.6. The summed E-state index contributed by atoms with van der Waals surface area (Å²) in [5.74, 6) is -1.22. The summed E-state index contributed by atoms with van der Waals surface area (Å²) in [5, 5.41) is 41.1. The first-order valence-corrected chi connectivity index (χ1v) is 29.9. The number of ether oxygens (including phenoxy) is 6. The number of carbonyl (C=O) groups is 5. The number of aromatic hydroxyl groups is 2. The predicted octanol–water partition coefficient (Wildman–Crippen LogP) is 8.24. The number of phenols is 2. The summed E-state index contributed by atoms with van der Waals surface area (Å²) >= 11 is 2.93. The van der Waals surface area contributed by atoms with Crippen LogP contribution in [-0.4, -0.2) is 158 Å². The number of hydrogen-bond donors (Lipinski definition) is 6. The molecular formula is C64H72N6O14S2. The second-order valence-corrected chi connectivity index (χ2v) is 23.3. The van der Waals surface area contributed by atoms with E-state index in [1.807, 2.05) is 64.4 Å². The molecule has 3 heterocycles. The zero-order valence-corrected chi connectivity index (χ0v) is 50.2. The maximum Gasteiger partial charge on any atom is 0.271 e. The topological polar surface area (TPSA) is 266 Å². The number of phenolic OH excluding ortho intramolecular Hbond substituents is 2. The summed E-state index contributed by atoms with van der Waals surface area (Å²) in [6.45, 7) is 12.1. The minimum atomic E-state index is -0.987. The van der Waals surface area contributed by atoms with E-state index in [1.54, 1.807) is 96.3 Å². The Balaban J connectivity index is 0.630. The van der Waals surface area contributed by atoms with Crippen LogP contribution in [0.2, 0.25) is 0 Å². The minimum absolute atomic E-state index is 0.0346. The standard InChI is InChI=1S/C64H72N6O14S2/c1-40(43-8-12-45(13-9-43)58-41(2)65-39-85-58)67-62(77)53-34-50(73)37-70(53)63(78)60(64(3,4)5)68-55(74)38-83-31-30-81-27-26-79-24-25-80-28-29-82-32-33-84-51-21-6-42(7-22-51)36-66-69-61(76)47-14-10-44(11-15-47)57(75)56-52-23-20-49(72)35-54(52)86-59(56)46-16-18-48(71)19-17-46/h6-23,35-36,39-40,50,53,60,71-73H,24-34,37-38H2,1-5H3,(H,67,77)(H,68,74)(H,69,76)/b66-36+/t40-,50+,53-,60+/m0/s1. The maximum absolute atomic E-state index is 14.0. The van der Waals surface area contributed by atoms with Crippen molar-refractivity contribution in [3.8, 4) is 38.1 Å². The lowest BCUT2D eigenvalue weighted by Crippen LogP contribution is -2.58. The van der Waals surface area contributed by atoms with Crippen LogP contribution in [0, 0.1) is 12.3 Å². The number of carbonyl (C=O) groups excluding carboxylic acids is 5. The number of benzene rings is 5. The molecule has 86 heavy (non-hydrogen) atoms. The zero-order chi connectivity index (χ0) is 61.2. The molecule has 0 unspecified atom stereocenters. The second kappa shape index (κ2) is 30.9. The number of aliphatic hydroxyl groups excluding tert-OH is 1. The van der Waals surface area contributed by atoms with Crippen LogP contribution in [0.3, 0.4) is 0 Å². The number of aromatic nitrogens is 1. The van der Waals surface area contributed by atoms with E-state index < -0.39 is 41.3 Å². The first-order valence-electron chi connectivity index (χ1n) is 28.2. The van der Waals surface area contributed by atoms with Crippen molar-refractivity contribution < 1.29 is 67.7 Å². The van der Waals surface area contributed by atoms with Crippen molar-refractivity contribution in [2.75, 3.05) is 79.2 Å². The summed E-state index contributed by atoms with van der Waals surface area (Å²) in [6, 6.07) is 30.5. The number of hydrazone groups is 1. The summed E-state index contributed by atoms with van der Waals surface area (Å²) in [6.07, 6.45) is 0.689. The molecule has 7 aromatic rings. The van der Waals surface area contributed by atoms with Gasteiger partial charge in [0.2, 0.25) is 17.7 Å². The maximum atomic E-state index is 14.0. The third-order valence-electron chi connectivity index (χ3n) is 14.0. The summed E-state index contributed by atoms with van der Waals surface area (Å²) in [7, 11) is 0. The van der Waals surface area contributed by atoms with E-state index in [0.29, 0.717) is 85.6 Å². The summed E-state index contributed by atoms with van der Waals surface area (Å²) in [4.78, 5) is 75.0. The fraction of sp³-hybridized carbons (Fsp3) is 0.359. The molecule has 5 aromatic carbocycles. The number of thiazole rings is 1. The molecule has 454 valence electrons. The molecule has 1 saturated heterocycles. The van der Waals surface area contributed by atoms with Crippen LogP contribution in [0.25, 0.3) is 31.0 Å². The van der Waals surface area contributed by atoms with Gasteiger partial charge in [0, 0.05) is 44.6 Å². The highest BCUT2D eigenvalue weighted by atomic mass is 32.1. The van der Waals surface area contributed by atoms with Crippen LogP contribution < -0.4 is 20.8 Å². The van der Waals surface area contributed by atoms with Crippen LogP contribution in [0.5, 0.6) is 17.2 Å². The van der Waals surface area contributed by atoms with E-state index in [4.69, 9.17) is 28.4 Å². The number of rotatable bonds is 30. The Hall–Kier alpha value is -7.93. The van der Waals surface area contributed by atoms with E-state index in [2.05, 4.69) is 26.1 Å². The van der Waals surface area contributed by atoms with Crippen molar-refractivity contribution in [3.05, 3.63) is 154 Å². The van der Waals surface area contributed by atoms with E-state index in [-0.39, 0.29) is 62.0 Å². The molecule has 0 saturated carbocycles. The minimum Gasteiger partial charge on any atom is -0.508 e. The molecule has 0 aliphatic carbocycles. The average molecular weight is 1210 g/mol. The molecular weight excluding hydrogens is 1140 g/mol. The SMILES string of the molecule is Cc1ncsc1-c1ccc([C@H](C)NC(=O)[C@@H]2C[C@@H](O)CN2C(=O)[C@@H](NC(=O)COCCOCCOCCOCCOCCOc2ccc(/C=N/NC(=O)c3ccc(C(=O)c4c(-c5ccc(O)cc5)sc5cc(O)ccc45)cc3)cc2)C(C)(C)C)cc1. The van der Waals surface area contributed by atoms with Crippen LogP contribution in [0.4, 0.5) is 0 Å². The number of likely N-dealkylation sites (tertiary alicyclic amines) is 1. The Labute approximate surface area is 507 Å². The van der Waals surface area contributed by atoms with E-state index in [0.717, 1.165) is 37.5 Å². The molecule has 22 heteroatoms. The number of ketones is 1. The van der Waals surface area contributed by atoms with E-state index in [1.165, 1.54) is 28.5 Å². The van der Waals surface area contributed by atoms with Gasteiger partial charge in [0.1, 0.15) is 42.5 Å². The quantitative estimate of drug-likeness (QED) is 0.0107. The van der Waals surface area contributed by atoms with Gasteiger partial charge in [-0.2, -0.15) is 5.10 Å². The van der Waals surface area contributed by atoms with Crippen molar-refractivity contribution in [1.82, 2.24) is 25.9 Å². The number of thiophene rings is 1. The van der Waals surface area contributed by atoms with E-state index in [9.17, 15) is 39.3 Å². The molecule has 1 aliphatic rings. The number of amides is 4. The number of nitrogens with zero attached hydrogens (tertiary/aromatic N) is 3. The van der Waals surface area contributed by atoms with Crippen molar-refractivity contribution in [2.24, 2.45) is 10.5 Å². The number of hydrogen-bond acceptors (Lipinski definition) is 18. The molecule has 0 spiro atoms. The monoisotopic (exact) mass is 1210 g/mol. The molecule has 2 aromatic heterocycles. The normalized spacial score (nSPS) is 15.0. The van der Waals surface area contributed by atoms with E-state index >= 15 is 0 Å². The smallest absolute Gasteiger partial charge is 0.271 e. The molecule has 1 aliphatic heterocycles. The molecule has 6 N–H and O–H groups in total. The van der Waals surface area contributed by atoms with Gasteiger partial charge in [-0.25, -0.2) is 10.4 Å². The molecule has 4 amide bonds. The van der Waals surface area contributed by atoms with Gasteiger partial charge in [-0.15, -0.1) is 22.7 Å². The van der Waals surface area contributed by atoms with Gasteiger partial charge in [0.05, 0.1) is 93.9 Å². The van der Waals surface area contributed by atoms with Crippen molar-refractivity contribution in [3.63, 3.8) is 0 Å². The average Bonchev–Trinajstić information content (AvgIpc) is 2.00. The Morgan fingerprint density at radius 2 is 1.30 bits per heavy atom. The predicted molar refractivity (Wildman–Crippen MR) is 328 cm³/mol. The fourth-order valence-electron chi connectivity index (χ4n) is 9.41. The third-order valence-corrected chi connectivity index (χ3v) is 16.2. The second-order valence-electron chi connectivity index (χ2n) is 21.4. The van der Waals surface area contributed by atoms with Crippen molar-refractivity contribution >= 4 is 68.4 Å². The molecule has 4 atom stereocenters. The summed E-state index contributed by atoms with van der Waals surface area (Å²) in [5.41, 5.74) is 9.11. The lowest BCUT2D eigenvalue weighted by molar-refractivity contribution is -0.144. The molecule has 0 bridgehead atoms. The third kappa shape index (κ3) is 17.8. The first kappa shape index (κ1) is 64.1. The highest BCUT2D eigenvalue weighted by Gasteiger charge is 2.45. The van der Waals surface area contributed by atoms with Gasteiger partial charge < -0.3 is 59.3 Å². The largest absolute Gasteiger partial charge is 0.508 e. The highest BCUT2D eigenvalue weighted by molar-refractivity contribution is 7.22. The van der Waals surface area contributed by atoms with Gasteiger partial charge in [0.25, 0.3) is 5.91 Å². The molecule has 1 fully saturated rings. The van der Waals surface area contributed by atoms with Crippen LogP contribution in [0.1, 0.15) is 83.3 Å². The van der Waals surface area contributed by atoms with Gasteiger partial charge in [-0.3, -0.25) is 24.0 Å². The lowest BCUT2D eigenvalue weighted by Gasteiger charge is -2.35. The lowest BCUT2D eigenvalue weighted by atomic mass is 9.85. The highest BCUT2D eigenvalue weighted by Crippen LogP contribution is 2.42. The number of aryl methyl sites for hydroxylation is 1. The number of β-amino-alcohol motifs (C(OH)–C–C–N with tert-alkyl or cyclic N) is 1. The van der Waals surface area contributed by atoms with Crippen LogP contribution in [0.15, 0.2) is 126 Å². The first-order chi connectivity index (χ1) is 41.4. The number of fused-ring (bicyclic) bond motifs is 1. The van der Waals surface area contributed by atoms with Crippen molar-refractivity contribution in [1.29, 1.82) is 0 Å². The summed E-state index contributed by atoms with van der Waals surface area (Å²) < 4.78 is 34.4. The Morgan fingerprint density at radius 3 is 1.92 bits per heavy atom. The van der Waals surface area contributed by atoms with Crippen LogP contribution >= 0.6 is 22.7 Å². The van der Waals surface area contributed by atoms with Crippen LogP contribution in [-0.2, 0) is 38.1 Å². The van der Waals surface area contributed by atoms with Gasteiger partial charge >= 0.3 is 0 Å². The number of nitrogens with one attached hydrogen (secondary N) is 3. The Morgan fingerprint density at radius 1 is 0.721 bits per heavy atom. The van der Waals surface area contributed by atoms with Gasteiger partial charge in [-0.05, 0) is 120 Å². The Bertz CT molecular complexity index is 3420.